The SMILES string of the molecule is CC1(C)CC[C@@H]([C@@H](C(=O)N2CCN(c3c(-c4ccccc4)cnc4[nH]ccc34)CC2)c2ccc(Cl)cc2)N1.Cl.Cl. The molecule has 40 heavy (non-hydrogen) atoms. The minimum atomic E-state index is -0.224. The van der Waals surface area contributed by atoms with Crippen LogP contribution in [0.25, 0.3) is 22.2 Å². The van der Waals surface area contributed by atoms with Gasteiger partial charge >= 0.3 is 0 Å². The number of nitrogens with zero attached hydrogens (tertiary/aromatic N) is 3. The van der Waals surface area contributed by atoms with Crippen molar-refractivity contribution in [2.24, 2.45) is 0 Å². The number of H-pyrrole nitrogens is 1. The number of piperazine rings is 1. The molecule has 0 bridgehead atoms. The van der Waals surface area contributed by atoms with Crippen LogP contribution in [0.3, 0.4) is 0 Å². The molecule has 6 rings (SSSR count). The van der Waals surface area contributed by atoms with Gasteiger partial charge in [0.05, 0.1) is 11.6 Å². The van der Waals surface area contributed by atoms with E-state index in [1.54, 1.807) is 0 Å². The molecule has 0 saturated carbocycles. The lowest BCUT2D eigenvalue weighted by Gasteiger charge is -2.39. The molecule has 2 aliphatic heterocycles. The summed E-state index contributed by atoms with van der Waals surface area (Å²) in [6, 6.07) is 20.5. The molecule has 2 fully saturated rings. The van der Waals surface area contributed by atoms with Crippen molar-refractivity contribution < 1.29 is 4.79 Å². The molecule has 4 aromatic rings. The number of anilines is 1. The fourth-order valence-corrected chi connectivity index (χ4v) is 6.27. The molecule has 0 aliphatic carbocycles. The summed E-state index contributed by atoms with van der Waals surface area (Å²) in [7, 11) is 0. The molecular weight excluding hydrogens is 565 g/mol. The van der Waals surface area contributed by atoms with E-state index in [2.05, 4.69) is 69.3 Å². The molecule has 0 spiro atoms. The molecule has 2 aromatic heterocycles. The van der Waals surface area contributed by atoms with E-state index in [4.69, 9.17) is 11.6 Å². The lowest BCUT2D eigenvalue weighted by atomic mass is 9.88. The normalized spacial score (nSPS) is 19.1. The number of amides is 1. The molecule has 0 radical (unpaired) electrons. The summed E-state index contributed by atoms with van der Waals surface area (Å²) in [6.45, 7) is 7.34. The predicted molar refractivity (Wildman–Crippen MR) is 169 cm³/mol. The van der Waals surface area contributed by atoms with Crippen LogP contribution in [-0.2, 0) is 4.79 Å². The Kier molecular flexibility index (Phi) is 9.36. The highest BCUT2D eigenvalue weighted by molar-refractivity contribution is 6.30. The number of nitrogens with one attached hydrogen (secondary N) is 2. The summed E-state index contributed by atoms with van der Waals surface area (Å²) in [5, 5.41) is 5.54. The van der Waals surface area contributed by atoms with Crippen molar-refractivity contribution in [3.8, 4) is 11.1 Å². The highest BCUT2D eigenvalue weighted by Crippen LogP contribution is 2.38. The number of halogens is 3. The largest absolute Gasteiger partial charge is 0.367 e. The average molecular weight is 601 g/mol. The molecule has 2 N–H and O–H groups in total. The van der Waals surface area contributed by atoms with Gasteiger partial charge in [0.25, 0.3) is 0 Å². The summed E-state index contributed by atoms with van der Waals surface area (Å²) >= 11 is 6.19. The second kappa shape index (κ2) is 12.4. The fraction of sp³-hybridized carbons (Fsp3) is 0.355. The number of pyridine rings is 1. The summed E-state index contributed by atoms with van der Waals surface area (Å²) in [4.78, 5) is 26.5. The van der Waals surface area contributed by atoms with Crippen LogP contribution in [0, 0.1) is 0 Å². The van der Waals surface area contributed by atoms with E-state index in [0.717, 1.165) is 53.7 Å². The van der Waals surface area contributed by atoms with Gasteiger partial charge in [-0.3, -0.25) is 4.79 Å². The van der Waals surface area contributed by atoms with E-state index in [0.29, 0.717) is 18.1 Å². The molecular formula is C31H36Cl3N5O. The van der Waals surface area contributed by atoms with Crippen LogP contribution in [0.15, 0.2) is 73.1 Å². The zero-order valence-corrected chi connectivity index (χ0v) is 25.2. The lowest BCUT2D eigenvalue weighted by Crippen LogP contribution is -2.53. The highest BCUT2D eigenvalue weighted by atomic mass is 35.5. The standard InChI is InChI=1S/C31H34ClN5O.2ClH/c1-31(2)14-12-26(35-31)27(22-8-10-23(32)11-9-22)30(38)37-18-16-36(17-19-37)28-24-13-15-33-29(24)34-20-25(28)21-6-4-3-5-7-21;;/h3-11,13,15,20,26-27,35H,12,14,16-19H2,1-2H3,(H,33,34);2*1H/t26-,27-;;/m0../s1. The van der Waals surface area contributed by atoms with Crippen LogP contribution < -0.4 is 10.2 Å². The van der Waals surface area contributed by atoms with Crippen LogP contribution in [0.2, 0.25) is 5.02 Å². The van der Waals surface area contributed by atoms with Crippen molar-refractivity contribution in [1.29, 1.82) is 0 Å². The molecule has 1 amide bonds. The fourth-order valence-electron chi connectivity index (χ4n) is 6.14. The van der Waals surface area contributed by atoms with Crippen LogP contribution in [0.1, 0.15) is 38.2 Å². The number of aromatic amines is 1. The van der Waals surface area contributed by atoms with Gasteiger partial charge in [-0.25, -0.2) is 4.98 Å². The number of carbonyl (C=O) groups excluding carboxylic acids is 1. The van der Waals surface area contributed by atoms with Crippen molar-refractivity contribution in [1.82, 2.24) is 20.2 Å². The maximum atomic E-state index is 14.1. The second-order valence-electron chi connectivity index (χ2n) is 11.1. The zero-order valence-electron chi connectivity index (χ0n) is 22.8. The Labute approximate surface area is 253 Å². The third kappa shape index (κ3) is 5.96. The molecule has 2 saturated heterocycles. The first-order valence-corrected chi connectivity index (χ1v) is 13.9. The smallest absolute Gasteiger partial charge is 0.231 e. The second-order valence-corrected chi connectivity index (χ2v) is 11.6. The predicted octanol–water partition coefficient (Wildman–Crippen LogP) is 6.69. The van der Waals surface area contributed by atoms with Crippen LogP contribution in [-0.4, -0.2) is 58.5 Å². The highest BCUT2D eigenvalue weighted by Gasteiger charge is 2.41. The quantitative estimate of drug-likeness (QED) is 0.268. The topological polar surface area (TPSA) is 64.3 Å². The summed E-state index contributed by atoms with van der Waals surface area (Å²) in [5.41, 5.74) is 5.40. The zero-order chi connectivity index (χ0) is 26.3. The van der Waals surface area contributed by atoms with Gasteiger partial charge in [0.1, 0.15) is 5.65 Å². The van der Waals surface area contributed by atoms with Gasteiger partial charge in [-0.05, 0) is 56.0 Å². The minimum Gasteiger partial charge on any atom is -0.367 e. The Morgan fingerprint density at radius 1 is 1.00 bits per heavy atom. The Morgan fingerprint density at radius 2 is 1.70 bits per heavy atom. The van der Waals surface area contributed by atoms with Crippen molar-refractivity contribution in [3.63, 3.8) is 0 Å². The number of carbonyl (C=O) groups is 1. The molecule has 2 aliphatic rings. The number of fused-ring (bicyclic) bond motifs is 1. The van der Waals surface area contributed by atoms with E-state index >= 15 is 0 Å². The Morgan fingerprint density at radius 3 is 2.35 bits per heavy atom. The number of hydrogen-bond donors (Lipinski definition) is 2. The van der Waals surface area contributed by atoms with Crippen molar-refractivity contribution in [2.75, 3.05) is 31.1 Å². The van der Waals surface area contributed by atoms with Gasteiger partial charge in [-0.1, -0.05) is 54.1 Å². The number of hydrogen-bond acceptors (Lipinski definition) is 4. The average Bonchev–Trinajstić information content (AvgIpc) is 3.56. The van der Waals surface area contributed by atoms with Gasteiger partial charge < -0.3 is 20.1 Å². The van der Waals surface area contributed by atoms with Crippen molar-refractivity contribution >= 4 is 59.0 Å². The first-order valence-electron chi connectivity index (χ1n) is 13.5. The Hall–Kier alpha value is -2.77. The maximum Gasteiger partial charge on any atom is 0.231 e. The molecule has 6 nitrogen and oxygen atoms in total. The summed E-state index contributed by atoms with van der Waals surface area (Å²) < 4.78 is 0. The van der Waals surface area contributed by atoms with Gasteiger partial charge in [0.2, 0.25) is 5.91 Å². The first kappa shape index (κ1) is 30.2. The minimum absolute atomic E-state index is 0. The molecule has 212 valence electrons. The monoisotopic (exact) mass is 599 g/mol. The van der Waals surface area contributed by atoms with Gasteiger partial charge in [0.15, 0.2) is 0 Å². The summed E-state index contributed by atoms with van der Waals surface area (Å²) in [6.07, 6.45) is 5.95. The lowest BCUT2D eigenvalue weighted by molar-refractivity contribution is -0.133. The molecule has 9 heteroatoms. The van der Waals surface area contributed by atoms with Gasteiger partial charge in [0, 0.05) is 66.1 Å². The molecule has 0 unspecified atom stereocenters. The van der Waals surface area contributed by atoms with E-state index in [1.807, 2.05) is 42.7 Å². The van der Waals surface area contributed by atoms with E-state index in [-0.39, 0.29) is 48.2 Å². The van der Waals surface area contributed by atoms with Crippen LogP contribution in [0.5, 0.6) is 0 Å². The molecule has 2 aromatic carbocycles. The third-order valence-corrected chi connectivity index (χ3v) is 8.36. The maximum absolute atomic E-state index is 14.1. The summed E-state index contributed by atoms with van der Waals surface area (Å²) in [5.74, 6) is -0.0234. The van der Waals surface area contributed by atoms with E-state index in [1.165, 1.54) is 5.69 Å². The van der Waals surface area contributed by atoms with Crippen molar-refractivity contribution in [3.05, 3.63) is 83.6 Å². The Bertz CT molecular complexity index is 1430. The van der Waals surface area contributed by atoms with Gasteiger partial charge in [-0.15, -0.1) is 24.8 Å². The van der Waals surface area contributed by atoms with Crippen LogP contribution >= 0.6 is 36.4 Å². The van der Waals surface area contributed by atoms with E-state index < -0.39 is 0 Å². The van der Waals surface area contributed by atoms with Crippen LogP contribution in [0.4, 0.5) is 5.69 Å². The van der Waals surface area contributed by atoms with E-state index in [9.17, 15) is 4.79 Å². The number of benzene rings is 2. The first-order chi connectivity index (χ1) is 18.4. The number of aromatic nitrogens is 2. The Balaban J connectivity index is 0.00000185. The molecule has 4 heterocycles. The third-order valence-electron chi connectivity index (χ3n) is 8.10. The van der Waals surface area contributed by atoms with Gasteiger partial charge in [-0.2, -0.15) is 0 Å². The molecule has 2 atom stereocenters. The number of rotatable bonds is 5. The van der Waals surface area contributed by atoms with Crippen molar-refractivity contribution in [2.45, 2.75) is 44.2 Å².